The molecule has 0 saturated heterocycles. The van der Waals surface area contributed by atoms with E-state index in [4.69, 9.17) is 4.52 Å². The van der Waals surface area contributed by atoms with E-state index in [0.29, 0.717) is 18.4 Å². The van der Waals surface area contributed by atoms with Crippen molar-refractivity contribution in [3.63, 3.8) is 0 Å². The Bertz CT molecular complexity index is 528. The average Bonchev–Trinajstić information content (AvgIpc) is 2.98. The summed E-state index contributed by atoms with van der Waals surface area (Å²) in [5.74, 6) is 1.62. The first-order valence-electron chi connectivity index (χ1n) is 8.04. The van der Waals surface area contributed by atoms with Crippen LogP contribution in [0, 0.1) is 0 Å². The van der Waals surface area contributed by atoms with Gasteiger partial charge in [0.15, 0.2) is 11.7 Å². The minimum absolute atomic E-state index is 0. The van der Waals surface area contributed by atoms with E-state index in [2.05, 4.69) is 48.5 Å². The van der Waals surface area contributed by atoms with Gasteiger partial charge in [0.05, 0.1) is 12.2 Å². The molecule has 8 heteroatoms. The summed E-state index contributed by atoms with van der Waals surface area (Å²) in [6, 6.07) is 2.19. The number of aromatic nitrogens is 1. The van der Waals surface area contributed by atoms with Gasteiger partial charge in [-0.05, 0) is 19.3 Å². The van der Waals surface area contributed by atoms with Crippen molar-refractivity contribution < 1.29 is 9.32 Å². The maximum absolute atomic E-state index is 11.7. The maximum atomic E-state index is 11.7. The van der Waals surface area contributed by atoms with E-state index in [1.54, 1.807) is 14.1 Å². The molecular formula is C16H30IN5O2. The first kappa shape index (κ1) is 22.7. The maximum Gasteiger partial charge on any atom is 0.243 e. The Morgan fingerprint density at radius 3 is 2.54 bits per heavy atom. The van der Waals surface area contributed by atoms with Crippen LogP contribution < -0.4 is 10.6 Å². The number of carbonyl (C=O) groups excluding carboxylic acids is 1. The van der Waals surface area contributed by atoms with Gasteiger partial charge in [-0.1, -0.05) is 25.9 Å². The Morgan fingerprint density at radius 1 is 1.38 bits per heavy atom. The summed E-state index contributed by atoms with van der Waals surface area (Å²) < 4.78 is 5.30. The van der Waals surface area contributed by atoms with Gasteiger partial charge in [0.25, 0.3) is 0 Å². The summed E-state index contributed by atoms with van der Waals surface area (Å²) in [5, 5.41) is 10.5. The van der Waals surface area contributed by atoms with E-state index in [1.807, 2.05) is 6.07 Å². The molecule has 24 heavy (non-hydrogen) atoms. The van der Waals surface area contributed by atoms with E-state index in [9.17, 15) is 4.79 Å². The van der Waals surface area contributed by atoms with Gasteiger partial charge in [-0.15, -0.1) is 24.0 Å². The lowest BCUT2D eigenvalue weighted by Gasteiger charge is -2.17. The number of likely N-dealkylation sites (N-methyl/N-ethyl adjacent to an activating group) is 1. The number of guanidine groups is 1. The highest BCUT2D eigenvalue weighted by molar-refractivity contribution is 14.0. The van der Waals surface area contributed by atoms with Gasteiger partial charge in [0.2, 0.25) is 5.91 Å². The van der Waals surface area contributed by atoms with E-state index in [0.717, 1.165) is 17.9 Å². The average molecular weight is 451 g/mol. The van der Waals surface area contributed by atoms with Crippen molar-refractivity contribution in [1.82, 2.24) is 20.7 Å². The van der Waals surface area contributed by atoms with Crippen LogP contribution in [0.3, 0.4) is 0 Å². The molecular weight excluding hydrogens is 421 g/mol. The summed E-state index contributed by atoms with van der Waals surface area (Å²) in [4.78, 5) is 17.5. The molecule has 7 nitrogen and oxygen atoms in total. The summed E-state index contributed by atoms with van der Waals surface area (Å²) in [7, 11) is 3.43. The molecule has 1 amide bonds. The van der Waals surface area contributed by atoms with Gasteiger partial charge in [-0.25, -0.2) is 4.99 Å². The highest BCUT2D eigenvalue weighted by Gasteiger charge is 2.10. The molecule has 1 atom stereocenters. The predicted octanol–water partition coefficient (Wildman–Crippen LogP) is 2.34. The summed E-state index contributed by atoms with van der Waals surface area (Å²) in [6.45, 7) is 8.87. The molecule has 2 N–H and O–H groups in total. The van der Waals surface area contributed by atoms with Gasteiger partial charge in [0.1, 0.15) is 6.54 Å². The number of nitrogens with zero attached hydrogens (tertiary/aromatic N) is 3. The Morgan fingerprint density at radius 2 is 2.04 bits per heavy atom. The number of hydrogen-bond acceptors (Lipinski definition) is 4. The van der Waals surface area contributed by atoms with Crippen LogP contribution in [0.15, 0.2) is 15.6 Å². The molecule has 1 aromatic heterocycles. The van der Waals surface area contributed by atoms with Crippen molar-refractivity contribution in [1.29, 1.82) is 0 Å². The summed E-state index contributed by atoms with van der Waals surface area (Å²) in [5.41, 5.74) is 0.929. The number of carbonyl (C=O) groups is 1. The van der Waals surface area contributed by atoms with E-state index in [1.165, 1.54) is 4.90 Å². The monoisotopic (exact) mass is 451 g/mol. The van der Waals surface area contributed by atoms with Gasteiger partial charge in [-0.2, -0.15) is 0 Å². The predicted molar refractivity (Wildman–Crippen MR) is 107 cm³/mol. The second-order valence-electron chi connectivity index (χ2n) is 6.13. The zero-order valence-electron chi connectivity index (χ0n) is 15.4. The zero-order chi connectivity index (χ0) is 17.4. The number of hydrogen-bond donors (Lipinski definition) is 2. The molecule has 0 aliphatic rings. The highest BCUT2D eigenvalue weighted by atomic mass is 127. The van der Waals surface area contributed by atoms with Gasteiger partial charge >= 0.3 is 0 Å². The topological polar surface area (TPSA) is 82.8 Å². The van der Waals surface area contributed by atoms with Crippen molar-refractivity contribution in [3.8, 4) is 0 Å². The van der Waals surface area contributed by atoms with Gasteiger partial charge in [0, 0.05) is 26.2 Å². The van der Waals surface area contributed by atoms with Crippen LogP contribution in [0.2, 0.25) is 0 Å². The van der Waals surface area contributed by atoms with E-state index < -0.39 is 0 Å². The van der Waals surface area contributed by atoms with Crippen molar-refractivity contribution >= 4 is 35.8 Å². The molecule has 0 aromatic carbocycles. The van der Waals surface area contributed by atoms with Crippen LogP contribution in [0.1, 0.15) is 51.5 Å². The summed E-state index contributed by atoms with van der Waals surface area (Å²) >= 11 is 0. The fraction of sp³-hybridized carbons (Fsp3) is 0.688. The number of aliphatic imine (C=N–C) groups is 1. The molecule has 0 fully saturated rings. The molecule has 0 spiro atoms. The first-order valence-corrected chi connectivity index (χ1v) is 8.04. The number of rotatable bonds is 7. The molecule has 0 bridgehead atoms. The number of halogens is 1. The van der Waals surface area contributed by atoms with Crippen molar-refractivity contribution in [3.05, 3.63) is 17.5 Å². The first-order chi connectivity index (χ1) is 10.8. The van der Waals surface area contributed by atoms with E-state index >= 15 is 0 Å². The van der Waals surface area contributed by atoms with Crippen LogP contribution >= 0.6 is 24.0 Å². The van der Waals surface area contributed by atoms with Crippen molar-refractivity contribution in [2.24, 2.45) is 4.99 Å². The third kappa shape index (κ3) is 7.98. The Balaban J connectivity index is 0.00000529. The van der Waals surface area contributed by atoms with Crippen LogP contribution in [0.5, 0.6) is 0 Å². The normalized spacial score (nSPS) is 12.5. The minimum Gasteiger partial charge on any atom is -0.359 e. The molecule has 138 valence electrons. The van der Waals surface area contributed by atoms with Crippen LogP contribution in [0.25, 0.3) is 0 Å². The van der Waals surface area contributed by atoms with Crippen LogP contribution in [-0.2, 0) is 11.3 Å². The second kappa shape index (κ2) is 11.3. The largest absolute Gasteiger partial charge is 0.359 e. The quantitative estimate of drug-likeness (QED) is 0.378. The lowest BCUT2D eigenvalue weighted by molar-refractivity contribution is -0.127. The lowest BCUT2D eigenvalue weighted by atomic mass is 10.1. The van der Waals surface area contributed by atoms with Crippen LogP contribution in [-0.4, -0.2) is 48.6 Å². The van der Waals surface area contributed by atoms with E-state index in [-0.39, 0.29) is 42.5 Å². The Kier molecular flexibility index (Phi) is 10.7. The molecule has 0 aliphatic carbocycles. The SMILES string of the molecule is CCC(C)NC(=NCC(=O)N(C)C)NCc1cc(C(C)C)no1.I. The molecule has 0 radical (unpaired) electrons. The minimum atomic E-state index is -0.0444. The molecule has 0 aliphatic heterocycles. The third-order valence-electron chi connectivity index (χ3n) is 3.47. The van der Waals surface area contributed by atoms with Crippen LogP contribution in [0.4, 0.5) is 0 Å². The lowest BCUT2D eigenvalue weighted by Crippen LogP contribution is -2.42. The third-order valence-corrected chi connectivity index (χ3v) is 3.47. The smallest absolute Gasteiger partial charge is 0.243 e. The Hall–Kier alpha value is -1.32. The molecule has 1 aromatic rings. The number of amides is 1. The fourth-order valence-corrected chi connectivity index (χ4v) is 1.63. The fourth-order valence-electron chi connectivity index (χ4n) is 1.63. The molecule has 1 rings (SSSR count). The zero-order valence-corrected chi connectivity index (χ0v) is 17.8. The standard InChI is InChI=1S/C16H29N5O2.HI/c1-7-12(4)19-16(18-10-15(22)21(5)6)17-9-13-8-14(11(2)3)20-23-13;/h8,11-12H,7,9-10H2,1-6H3,(H2,17,18,19);1H. The number of nitrogens with one attached hydrogen (secondary N) is 2. The molecule has 0 saturated carbocycles. The van der Waals surface area contributed by atoms with Gasteiger partial charge < -0.3 is 20.1 Å². The van der Waals surface area contributed by atoms with Crippen molar-refractivity contribution in [2.45, 2.75) is 52.6 Å². The van der Waals surface area contributed by atoms with Crippen molar-refractivity contribution in [2.75, 3.05) is 20.6 Å². The summed E-state index contributed by atoms with van der Waals surface area (Å²) in [6.07, 6.45) is 0.960. The molecule has 1 heterocycles. The molecule has 1 unspecified atom stereocenters. The Labute approximate surface area is 161 Å². The highest BCUT2D eigenvalue weighted by Crippen LogP contribution is 2.13. The second-order valence-corrected chi connectivity index (χ2v) is 6.13. The van der Waals surface area contributed by atoms with Gasteiger partial charge in [-0.3, -0.25) is 4.79 Å².